The number of nitrogens with two attached hydrogens (primary N) is 1. The lowest BCUT2D eigenvalue weighted by Crippen LogP contribution is -2.34. The van der Waals surface area contributed by atoms with Crippen molar-refractivity contribution in [2.75, 3.05) is 0 Å². The maximum Gasteiger partial charge on any atom is 0.323 e. The van der Waals surface area contributed by atoms with Crippen molar-refractivity contribution in [2.24, 2.45) is 5.14 Å². The van der Waals surface area contributed by atoms with E-state index in [0.717, 1.165) is 0 Å². The summed E-state index contributed by atoms with van der Waals surface area (Å²) in [6, 6.07) is 0. The van der Waals surface area contributed by atoms with Gasteiger partial charge in [-0.2, -0.15) is 0 Å². The Morgan fingerprint density at radius 3 is 2.10 bits per heavy atom. The van der Waals surface area contributed by atoms with Gasteiger partial charge in [-0.15, -0.1) is 0 Å². The van der Waals surface area contributed by atoms with E-state index in [1.165, 1.54) is 6.92 Å². The molecular formula is C4H9NO4S. The molecule has 1 atom stereocenters. The van der Waals surface area contributed by atoms with E-state index in [9.17, 15) is 13.2 Å². The van der Waals surface area contributed by atoms with E-state index in [1.807, 2.05) is 0 Å². The van der Waals surface area contributed by atoms with E-state index in [0.29, 0.717) is 0 Å². The Labute approximate surface area is 58.9 Å². The zero-order valence-corrected chi connectivity index (χ0v) is 6.26. The molecule has 1 unspecified atom stereocenters. The molecule has 0 amide bonds. The summed E-state index contributed by atoms with van der Waals surface area (Å²) in [6.45, 7) is 1.45. The Kier molecular flexibility index (Phi) is 2.79. The van der Waals surface area contributed by atoms with E-state index >= 15 is 0 Å². The Morgan fingerprint density at radius 2 is 2.10 bits per heavy atom. The fraction of sp³-hybridized carbons (Fsp3) is 0.750. The van der Waals surface area contributed by atoms with Gasteiger partial charge in [0.2, 0.25) is 10.0 Å². The molecule has 0 aliphatic rings. The van der Waals surface area contributed by atoms with Crippen LogP contribution in [0.1, 0.15) is 13.3 Å². The summed E-state index contributed by atoms with van der Waals surface area (Å²) in [4.78, 5) is 10.1. The lowest BCUT2D eigenvalue weighted by Gasteiger charge is -2.04. The van der Waals surface area contributed by atoms with Crippen LogP contribution in [0.4, 0.5) is 0 Å². The molecule has 60 valence electrons. The van der Waals surface area contributed by atoms with Gasteiger partial charge in [0.1, 0.15) is 0 Å². The minimum Gasteiger partial charge on any atom is -0.480 e. The van der Waals surface area contributed by atoms with Crippen LogP contribution in [0.15, 0.2) is 0 Å². The minimum atomic E-state index is -3.91. The number of hydrogen-bond donors (Lipinski definition) is 2. The molecule has 6 heteroatoms. The molecule has 0 aromatic heterocycles. The number of carboxylic acid groups (broad SMARTS) is 1. The number of hydrogen-bond acceptors (Lipinski definition) is 3. The number of primary sulfonamides is 1. The Morgan fingerprint density at radius 1 is 1.70 bits per heavy atom. The zero-order valence-electron chi connectivity index (χ0n) is 5.44. The summed E-state index contributed by atoms with van der Waals surface area (Å²) in [5.41, 5.74) is 0. The molecule has 0 fully saturated rings. The first-order valence-electron chi connectivity index (χ1n) is 2.64. The first-order chi connectivity index (χ1) is 4.39. The fourth-order valence-electron chi connectivity index (χ4n) is 0.547. The molecule has 0 heterocycles. The number of aliphatic carboxylic acids is 1. The lowest BCUT2D eigenvalue weighted by molar-refractivity contribution is -0.136. The van der Waals surface area contributed by atoms with Crippen molar-refractivity contribution >= 4 is 16.0 Å². The third-order valence-electron chi connectivity index (χ3n) is 1.04. The highest BCUT2D eigenvalue weighted by Crippen LogP contribution is 2.00. The number of sulfonamides is 1. The van der Waals surface area contributed by atoms with Crippen molar-refractivity contribution in [3.63, 3.8) is 0 Å². The summed E-state index contributed by atoms with van der Waals surface area (Å²) < 4.78 is 20.8. The molecule has 10 heavy (non-hydrogen) atoms. The molecule has 0 saturated heterocycles. The number of carboxylic acids is 1. The minimum absolute atomic E-state index is 0.00579. The molecular weight excluding hydrogens is 158 g/mol. The lowest BCUT2D eigenvalue weighted by atomic mass is 10.3. The normalized spacial score (nSPS) is 14.6. The van der Waals surface area contributed by atoms with Gasteiger partial charge in [0.25, 0.3) is 0 Å². The van der Waals surface area contributed by atoms with Gasteiger partial charge in [-0.25, -0.2) is 13.6 Å². The molecule has 0 aliphatic heterocycles. The second kappa shape index (κ2) is 2.98. The zero-order chi connectivity index (χ0) is 8.36. The molecule has 0 bridgehead atoms. The van der Waals surface area contributed by atoms with Crippen LogP contribution in [0.5, 0.6) is 0 Å². The number of rotatable bonds is 3. The van der Waals surface area contributed by atoms with Crippen LogP contribution in [-0.2, 0) is 14.8 Å². The first-order valence-corrected chi connectivity index (χ1v) is 4.25. The Bertz CT molecular complexity index is 219. The molecule has 3 N–H and O–H groups in total. The summed E-state index contributed by atoms with van der Waals surface area (Å²) >= 11 is 0. The van der Waals surface area contributed by atoms with Gasteiger partial charge in [0.05, 0.1) is 0 Å². The highest BCUT2D eigenvalue weighted by Gasteiger charge is 2.26. The Balaban J connectivity index is 4.55. The quantitative estimate of drug-likeness (QED) is 0.571. The standard InChI is InChI=1S/C4H9NO4S/c1-2-3(4(6)7)10(5,8)9/h3H,2H2,1H3,(H,6,7)(H2,5,8,9). The number of carbonyl (C=O) groups is 1. The van der Waals surface area contributed by atoms with Gasteiger partial charge in [-0.1, -0.05) is 6.92 Å². The predicted octanol–water partition coefficient (Wildman–Crippen LogP) is -0.862. The summed E-state index contributed by atoms with van der Waals surface area (Å²) in [5, 5.41) is 11.4. The van der Waals surface area contributed by atoms with Crippen LogP contribution in [0.25, 0.3) is 0 Å². The van der Waals surface area contributed by atoms with Gasteiger partial charge >= 0.3 is 5.97 Å². The summed E-state index contributed by atoms with van der Waals surface area (Å²) in [7, 11) is -3.91. The molecule has 0 spiro atoms. The maximum atomic E-state index is 10.4. The van der Waals surface area contributed by atoms with Gasteiger partial charge in [0.15, 0.2) is 5.25 Å². The van der Waals surface area contributed by atoms with Crippen molar-refractivity contribution in [1.29, 1.82) is 0 Å². The molecule has 0 aromatic rings. The van der Waals surface area contributed by atoms with E-state index in [2.05, 4.69) is 5.14 Å². The average Bonchev–Trinajstić information content (AvgIpc) is 1.60. The van der Waals surface area contributed by atoms with Crippen LogP contribution in [-0.4, -0.2) is 24.7 Å². The van der Waals surface area contributed by atoms with Gasteiger partial charge in [-0.3, -0.25) is 4.79 Å². The van der Waals surface area contributed by atoms with Crippen molar-refractivity contribution < 1.29 is 18.3 Å². The average molecular weight is 167 g/mol. The smallest absolute Gasteiger partial charge is 0.323 e. The molecule has 0 aliphatic carbocycles. The van der Waals surface area contributed by atoms with E-state index in [4.69, 9.17) is 5.11 Å². The van der Waals surface area contributed by atoms with Crippen LogP contribution in [0.2, 0.25) is 0 Å². The monoisotopic (exact) mass is 167 g/mol. The van der Waals surface area contributed by atoms with E-state index < -0.39 is 21.2 Å². The second-order valence-electron chi connectivity index (χ2n) is 1.82. The van der Waals surface area contributed by atoms with Gasteiger partial charge < -0.3 is 5.11 Å². The predicted molar refractivity (Wildman–Crippen MR) is 34.8 cm³/mol. The molecule has 0 radical (unpaired) electrons. The van der Waals surface area contributed by atoms with E-state index in [-0.39, 0.29) is 6.42 Å². The van der Waals surface area contributed by atoms with Crippen LogP contribution in [0.3, 0.4) is 0 Å². The van der Waals surface area contributed by atoms with E-state index in [1.54, 1.807) is 0 Å². The highest BCUT2D eigenvalue weighted by molar-refractivity contribution is 7.90. The summed E-state index contributed by atoms with van der Waals surface area (Å²) in [5.74, 6) is -1.40. The fourth-order valence-corrected chi connectivity index (χ4v) is 1.29. The first kappa shape index (κ1) is 9.38. The SMILES string of the molecule is CCC(C(=O)O)S(N)(=O)=O. The third kappa shape index (κ3) is 2.32. The largest absolute Gasteiger partial charge is 0.480 e. The van der Waals surface area contributed by atoms with Gasteiger partial charge in [0, 0.05) is 0 Å². The summed E-state index contributed by atoms with van der Waals surface area (Å²) in [6.07, 6.45) is -0.00579. The van der Waals surface area contributed by atoms with Crippen molar-refractivity contribution in [2.45, 2.75) is 18.6 Å². The van der Waals surface area contributed by atoms with Crippen LogP contribution < -0.4 is 5.14 Å². The molecule has 5 nitrogen and oxygen atoms in total. The van der Waals surface area contributed by atoms with Crippen LogP contribution >= 0.6 is 0 Å². The maximum absolute atomic E-state index is 10.4. The molecule has 0 saturated carbocycles. The molecule has 0 aromatic carbocycles. The van der Waals surface area contributed by atoms with Gasteiger partial charge in [-0.05, 0) is 6.42 Å². The van der Waals surface area contributed by atoms with Crippen molar-refractivity contribution in [3.8, 4) is 0 Å². The third-order valence-corrected chi connectivity index (χ3v) is 2.37. The molecule has 0 rings (SSSR count). The topological polar surface area (TPSA) is 97.5 Å². The Hall–Kier alpha value is -0.620. The van der Waals surface area contributed by atoms with Crippen molar-refractivity contribution in [1.82, 2.24) is 0 Å². The van der Waals surface area contributed by atoms with Crippen molar-refractivity contribution in [3.05, 3.63) is 0 Å². The second-order valence-corrected chi connectivity index (χ2v) is 3.57. The van der Waals surface area contributed by atoms with Crippen LogP contribution in [0, 0.1) is 0 Å². The highest BCUT2D eigenvalue weighted by atomic mass is 32.2.